The van der Waals surface area contributed by atoms with E-state index in [-0.39, 0.29) is 11.0 Å². The Bertz CT molecular complexity index is 400. The van der Waals surface area contributed by atoms with Gasteiger partial charge in [0.1, 0.15) is 0 Å². The summed E-state index contributed by atoms with van der Waals surface area (Å²) in [5.74, 6) is 0.158. The van der Waals surface area contributed by atoms with Crippen LogP contribution < -0.4 is 0 Å². The molecule has 0 spiro atoms. The summed E-state index contributed by atoms with van der Waals surface area (Å²) < 4.78 is 0. The molecule has 0 aromatic heterocycles. The second-order valence-electron chi connectivity index (χ2n) is 3.16. The Labute approximate surface area is 92.1 Å². The van der Waals surface area contributed by atoms with Crippen molar-refractivity contribution >= 4 is 29.1 Å². The normalized spacial score (nSPS) is 20.4. The van der Waals surface area contributed by atoms with Crippen LogP contribution in [0.2, 0.25) is 5.02 Å². The fourth-order valence-electron chi connectivity index (χ4n) is 1.45. The second kappa shape index (κ2) is 3.79. The van der Waals surface area contributed by atoms with Gasteiger partial charge < -0.3 is 0 Å². The minimum absolute atomic E-state index is 0.158. The van der Waals surface area contributed by atoms with Crippen LogP contribution in [0.15, 0.2) is 35.7 Å². The van der Waals surface area contributed by atoms with Gasteiger partial charge >= 0.3 is 0 Å². The van der Waals surface area contributed by atoms with Gasteiger partial charge in [-0.15, -0.1) is 18.3 Å². The van der Waals surface area contributed by atoms with Gasteiger partial charge in [-0.05, 0) is 18.2 Å². The largest absolute Gasteiger partial charge is 0.294 e. The number of ketones is 1. The van der Waals surface area contributed by atoms with Crippen molar-refractivity contribution in [2.24, 2.45) is 0 Å². The van der Waals surface area contributed by atoms with Gasteiger partial charge in [-0.25, -0.2) is 0 Å². The Kier molecular flexibility index (Phi) is 2.66. The van der Waals surface area contributed by atoms with Crippen LogP contribution in [-0.4, -0.2) is 11.0 Å². The van der Waals surface area contributed by atoms with Crippen molar-refractivity contribution in [1.82, 2.24) is 0 Å². The molecule has 1 atom stereocenters. The molecule has 0 N–H and O–H groups in total. The molecule has 14 heavy (non-hydrogen) atoms. The topological polar surface area (TPSA) is 17.1 Å². The standard InChI is InChI=1S/C11H9ClOS/c1-2-8-6-10(13)9-5-7(12)3-4-11(9)14-8/h2-5,8H,1,6H2. The molecule has 1 aromatic rings. The van der Waals surface area contributed by atoms with E-state index in [1.54, 1.807) is 17.8 Å². The third-order valence-corrected chi connectivity index (χ3v) is 3.68. The summed E-state index contributed by atoms with van der Waals surface area (Å²) in [6.07, 6.45) is 2.35. The van der Waals surface area contributed by atoms with Crippen LogP contribution in [0.5, 0.6) is 0 Å². The van der Waals surface area contributed by atoms with Crippen LogP contribution in [-0.2, 0) is 0 Å². The summed E-state index contributed by atoms with van der Waals surface area (Å²) in [7, 11) is 0. The van der Waals surface area contributed by atoms with Crippen molar-refractivity contribution in [1.29, 1.82) is 0 Å². The van der Waals surface area contributed by atoms with E-state index in [9.17, 15) is 4.79 Å². The third kappa shape index (κ3) is 1.72. The van der Waals surface area contributed by atoms with Gasteiger partial charge in [-0.1, -0.05) is 17.7 Å². The molecule has 72 valence electrons. The van der Waals surface area contributed by atoms with E-state index in [4.69, 9.17) is 11.6 Å². The number of carbonyl (C=O) groups excluding carboxylic acids is 1. The lowest BCUT2D eigenvalue weighted by Crippen LogP contribution is -2.15. The summed E-state index contributed by atoms with van der Waals surface area (Å²) in [6.45, 7) is 3.71. The molecule has 2 rings (SSSR count). The molecule has 1 nitrogen and oxygen atoms in total. The Morgan fingerprint density at radius 2 is 2.36 bits per heavy atom. The van der Waals surface area contributed by atoms with E-state index in [1.807, 2.05) is 18.2 Å². The Hall–Kier alpha value is -0.730. The molecule has 0 radical (unpaired) electrons. The molecule has 1 aliphatic heterocycles. The van der Waals surface area contributed by atoms with Crippen LogP contribution >= 0.6 is 23.4 Å². The van der Waals surface area contributed by atoms with Gasteiger partial charge in [0.25, 0.3) is 0 Å². The zero-order valence-corrected chi connectivity index (χ0v) is 9.07. The lowest BCUT2D eigenvalue weighted by Gasteiger charge is -2.20. The fourth-order valence-corrected chi connectivity index (χ4v) is 2.73. The van der Waals surface area contributed by atoms with Gasteiger partial charge in [0.05, 0.1) is 0 Å². The SMILES string of the molecule is C=CC1CC(=O)c2cc(Cl)ccc2S1. The number of fused-ring (bicyclic) bond motifs is 1. The molecular formula is C11H9ClOS. The number of Topliss-reactive ketones (excluding diaryl/α,β-unsaturated/α-hetero) is 1. The minimum Gasteiger partial charge on any atom is -0.294 e. The summed E-state index contributed by atoms with van der Waals surface area (Å²) in [5.41, 5.74) is 0.751. The Balaban J connectivity index is 2.44. The van der Waals surface area contributed by atoms with Crippen molar-refractivity contribution in [2.75, 3.05) is 0 Å². The average Bonchev–Trinajstić information content (AvgIpc) is 2.19. The van der Waals surface area contributed by atoms with Crippen LogP contribution in [0.4, 0.5) is 0 Å². The predicted molar refractivity (Wildman–Crippen MR) is 60.2 cm³/mol. The van der Waals surface area contributed by atoms with Crippen LogP contribution in [0.1, 0.15) is 16.8 Å². The first-order valence-electron chi connectivity index (χ1n) is 4.32. The number of carbonyl (C=O) groups is 1. The number of hydrogen-bond acceptors (Lipinski definition) is 2. The predicted octanol–water partition coefficient (Wildman–Crippen LogP) is 3.57. The Morgan fingerprint density at radius 1 is 1.57 bits per heavy atom. The smallest absolute Gasteiger partial charge is 0.165 e. The molecule has 1 unspecified atom stereocenters. The van der Waals surface area contributed by atoms with Gasteiger partial charge in [-0.2, -0.15) is 0 Å². The van der Waals surface area contributed by atoms with Crippen molar-refractivity contribution in [3.8, 4) is 0 Å². The first-order valence-corrected chi connectivity index (χ1v) is 5.58. The molecule has 0 aliphatic carbocycles. The minimum atomic E-state index is 0.158. The van der Waals surface area contributed by atoms with E-state index >= 15 is 0 Å². The third-order valence-electron chi connectivity index (χ3n) is 2.17. The highest BCUT2D eigenvalue weighted by Gasteiger charge is 2.23. The Morgan fingerprint density at radius 3 is 3.07 bits per heavy atom. The molecule has 0 saturated carbocycles. The molecule has 1 aliphatic rings. The number of hydrogen-bond donors (Lipinski definition) is 0. The zero-order chi connectivity index (χ0) is 10.1. The van der Waals surface area contributed by atoms with Crippen LogP contribution in [0, 0.1) is 0 Å². The van der Waals surface area contributed by atoms with Crippen molar-refractivity contribution in [3.05, 3.63) is 41.4 Å². The second-order valence-corrected chi connectivity index (χ2v) is 4.88. The lowest BCUT2D eigenvalue weighted by molar-refractivity contribution is 0.0980. The maximum absolute atomic E-state index is 11.7. The summed E-state index contributed by atoms with van der Waals surface area (Å²) in [5, 5.41) is 0.825. The van der Waals surface area contributed by atoms with E-state index in [1.165, 1.54) is 0 Å². The molecule has 3 heteroatoms. The van der Waals surface area contributed by atoms with E-state index in [0.29, 0.717) is 11.4 Å². The quantitative estimate of drug-likeness (QED) is 0.679. The number of benzene rings is 1. The van der Waals surface area contributed by atoms with Crippen molar-refractivity contribution < 1.29 is 4.79 Å². The number of halogens is 1. The van der Waals surface area contributed by atoms with Crippen molar-refractivity contribution in [2.45, 2.75) is 16.6 Å². The first-order chi connectivity index (χ1) is 6.70. The molecular weight excluding hydrogens is 216 g/mol. The maximum atomic E-state index is 11.7. The summed E-state index contributed by atoms with van der Waals surface area (Å²) >= 11 is 7.50. The molecule has 0 saturated heterocycles. The van der Waals surface area contributed by atoms with Crippen LogP contribution in [0.3, 0.4) is 0 Å². The number of rotatable bonds is 1. The molecule has 0 bridgehead atoms. The van der Waals surface area contributed by atoms with Gasteiger partial charge in [-0.3, -0.25) is 4.79 Å². The highest BCUT2D eigenvalue weighted by Crippen LogP contribution is 2.36. The average molecular weight is 225 g/mol. The molecule has 0 amide bonds. The van der Waals surface area contributed by atoms with E-state index in [0.717, 1.165) is 10.5 Å². The number of thioether (sulfide) groups is 1. The van der Waals surface area contributed by atoms with E-state index < -0.39 is 0 Å². The van der Waals surface area contributed by atoms with Gasteiger partial charge in [0.2, 0.25) is 0 Å². The van der Waals surface area contributed by atoms with Gasteiger partial charge in [0, 0.05) is 27.2 Å². The van der Waals surface area contributed by atoms with Crippen LogP contribution in [0.25, 0.3) is 0 Å². The summed E-state index contributed by atoms with van der Waals surface area (Å²) in [6, 6.07) is 5.45. The molecule has 0 fully saturated rings. The summed E-state index contributed by atoms with van der Waals surface area (Å²) in [4.78, 5) is 12.7. The van der Waals surface area contributed by atoms with E-state index in [2.05, 4.69) is 6.58 Å². The molecule has 1 aromatic carbocycles. The fraction of sp³-hybridized carbons (Fsp3) is 0.182. The lowest BCUT2D eigenvalue weighted by atomic mass is 10.1. The van der Waals surface area contributed by atoms with Crippen molar-refractivity contribution in [3.63, 3.8) is 0 Å². The first kappa shape index (κ1) is 9.81. The highest BCUT2D eigenvalue weighted by atomic mass is 35.5. The maximum Gasteiger partial charge on any atom is 0.165 e. The monoisotopic (exact) mass is 224 g/mol. The highest BCUT2D eigenvalue weighted by molar-refractivity contribution is 8.00. The van der Waals surface area contributed by atoms with Gasteiger partial charge in [0.15, 0.2) is 5.78 Å². The zero-order valence-electron chi connectivity index (χ0n) is 7.50. The molecule has 1 heterocycles.